The van der Waals surface area contributed by atoms with Crippen LogP contribution in [0.2, 0.25) is 0 Å². The topological polar surface area (TPSA) is 143 Å². The van der Waals surface area contributed by atoms with Gasteiger partial charge in [0.2, 0.25) is 0 Å². The van der Waals surface area contributed by atoms with Crippen molar-refractivity contribution in [3.8, 4) is 11.1 Å². The van der Waals surface area contributed by atoms with E-state index in [9.17, 15) is 24.6 Å². The number of nitrogens with one attached hydrogen (secondary N) is 2. The minimum absolute atomic E-state index is 0.0593. The lowest BCUT2D eigenvalue weighted by molar-refractivity contribution is -0.145. The van der Waals surface area contributed by atoms with Crippen LogP contribution in [0.5, 0.6) is 0 Å². The van der Waals surface area contributed by atoms with E-state index in [-0.39, 0.29) is 24.8 Å². The summed E-state index contributed by atoms with van der Waals surface area (Å²) < 4.78 is 6.78. The number of carbonyl (C=O) groups excluding carboxylic acids is 2. The number of aliphatic hydroxyl groups is 1. The predicted octanol–water partition coefficient (Wildman–Crippen LogP) is 2.02. The summed E-state index contributed by atoms with van der Waals surface area (Å²) >= 11 is 0. The number of carboxylic acids is 1. The largest absolute Gasteiger partial charge is 0.479 e. The van der Waals surface area contributed by atoms with E-state index in [0.29, 0.717) is 5.56 Å². The van der Waals surface area contributed by atoms with Gasteiger partial charge in [-0.1, -0.05) is 48.5 Å². The van der Waals surface area contributed by atoms with E-state index >= 15 is 0 Å². The molecular formula is C25H26N4O6. The Labute approximate surface area is 201 Å². The zero-order valence-electron chi connectivity index (χ0n) is 19.3. The molecule has 182 valence electrons. The van der Waals surface area contributed by atoms with Crippen LogP contribution in [0.25, 0.3) is 11.1 Å². The number of aryl methyl sites for hydroxylation is 1. The fourth-order valence-corrected chi connectivity index (χ4v) is 4.19. The van der Waals surface area contributed by atoms with Gasteiger partial charge in [-0.15, -0.1) is 0 Å². The molecule has 0 aliphatic heterocycles. The number of benzene rings is 2. The van der Waals surface area contributed by atoms with Gasteiger partial charge < -0.3 is 25.6 Å². The first kappa shape index (κ1) is 24.0. The van der Waals surface area contributed by atoms with Crippen molar-refractivity contribution >= 4 is 18.0 Å². The molecule has 10 nitrogen and oxygen atoms in total. The Morgan fingerprint density at radius 1 is 1.09 bits per heavy atom. The van der Waals surface area contributed by atoms with E-state index in [2.05, 4.69) is 27.9 Å². The Morgan fingerprint density at radius 3 is 2.26 bits per heavy atom. The zero-order valence-corrected chi connectivity index (χ0v) is 19.3. The third-order valence-corrected chi connectivity index (χ3v) is 6.17. The maximum absolute atomic E-state index is 12.7. The minimum Gasteiger partial charge on any atom is -0.479 e. The standard InChI is InChI=1S/C25H26N4O6/c1-25(14-30,23(32)33)28-22(31)21-15(12-27-29(21)2)11-26-24(34)35-13-20-18-9-5-3-7-16(18)17-8-4-6-10-19(17)20/h3-10,12,20,30H,11,13-14H2,1-2H3,(H,26,34)(H,28,31)(H,32,33). The Hall–Kier alpha value is -4.18. The van der Waals surface area contributed by atoms with Crippen LogP contribution in [-0.2, 0) is 23.1 Å². The van der Waals surface area contributed by atoms with Crippen molar-refractivity contribution in [2.45, 2.75) is 24.9 Å². The molecule has 10 heteroatoms. The van der Waals surface area contributed by atoms with Crippen molar-refractivity contribution < 1.29 is 29.3 Å². The van der Waals surface area contributed by atoms with Gasteiger partial charge in [0.25, 0.3) is 5.91 Å². The van der Waals surface area contributed by atoms with E-state index < -0.39 is 30.1 Å². The summed E-state index contributed by atoms with van der Waals surface area (Å²) in [5, 5.41) is 27.6. The Morgan fingerprint density at radius 2 is 1.69 bits per heavy atom. The van der Waals surface area contributed by atoms with Crippen LogP contribution in [0.15, 0.2) is 54.7 Å². The van der Waals surface area contributed by atoms with Crippen molar-refractivity contribution in [3.05, 3.63) is 77.1 Å². The van der Waals surface area contributed by atoms with Crippen LogP contribution in [0.4, 0.5) is 4.79 Å². The molecule has 2 aromatic carbocycles. The summed E-state index contributed by atoms with van der Waals surface area (Å²) in [7, 11) is 1.52. The van der Waals surface area contributed by atoms with Crippen molar-refractivity contribution in [2.24, 2.45) is 7.05 Å². The van der Waals surface area contributed by atoms with Gasteiger partial charge >= 0.3 is 12.1 Å². The molecule has 0 saturated carbocycles. The average molecular weight is 479 g/mol. The quantitative estimate of drug-likeness (QED) is 0.388. The number of ether oxygens (including phenoxy) is 1. The van der Waals surface area contributed by atoms with Crippen LogP contribution in [0.3, 0.4) is 0 Å². The summed E-state index contributed by atoms with van der Waals surface area (Å²) in [4.78, 5) is 36.6. The SMILES string of the molecule is Cn1ncc(CNC(=O)OCC2c3ccccc3-c3ccccc32)c1C(=O)NC(C)(CO)C(=O)O. The van der Waals surface area contributed by atoms with Gasteiger partial charge in [0.1, 0.15) is 12.3 Å². The number of nitrogens with zero attached hydrogens (tertiary/aromatic N) is 2. The number of aromatic nitrogens is 2. The maximum atomic E-state index is 12.7. The number of hydrogen-bond donors (Lipinski definition) is 4. The highest BCUT2D eigenvalue weighted by Crippen LogP contribution is 2.44. The molecule has 1 unspecified atom stereocenters. The molecule has 0 saturated heterocycles. The van der Waals surface area contributed by atoms with Gasteiger partial charge in [-0.05, 0) is 29.2 Å². The number of aliphatic hydroxyl groups excluding tert-OH is 1. The van der Waals surface area contributed by atoms with Crippen LogP contribution >= 0.6 is 0 Å². The molecule has 0 radical (unpaired) electrons. The number of fused-ring (bicyclic) bond motifs is 3. The van der Waals surface area contributed by atoms with E-state index in [0.717, 1.165) is 22.3 Å². The first-order valence-corrected chi connectivity index (χ1v) is 11.0. The second-order valence-corrected chi connectivity index (χ2v) is 8.57. The second kappa shape index (κ2) is 9.59. The van der Waals surface area contributed by atoms with E-state index in [1.807, 2.05) is 36.4 Å². The molecule has 1 aromatic heterocycles. The third kappa shape index (κ3) is 4.60. The first-order chi connectivity index (χ1) is 16.7. The molecule has 4 N–H and O–H groups in total. The van der Waals surface area contributed by atoms with Crippen LogP contribution < -0.4 is 10.6 Å². The molecule has 0 fully saturated rings. The molecule has 1 atom stereocenters. The number of carbonyl (C=O) groups is 3. The van der Waals surface area contributed by atoms with Crippen molar-refractivity contribution in [1.29, 1.82) is 0 Å². The number of aliphatic carboxylic acids is 1. The summed E-state index contributed by atoms with van der Waals surface area (Å²) in [6.45, 7) is 0.487. The van der Waals surface area contributed by atoms with Gasteiger partial charge in [0, 0.05) is 18.5 Å². The smallest absolute Gasteiger partial charge is 0.407 e. The van der Waals surface area contributed by atoms with E-state index in [4.69, 9.17) is 4.74 Å². The van der Waals surface area contributed by atoms with Crippen molar-refractivity contribution in [3.63, 3.8) is 0 Å². The van der Waals surface area contributed by atoms with Gasteiger partial charge in [0.15, 0.2) is 5.54 Å². The molecule has 35 heavy (non-hydrogen) atoms. The van der Waals surface area contributed by atoms with Gasteiger partial charge in [-0.2, -0.15) is 5.10 Å². The normalized spacial score (nSPS) is 13.9. The number of rotatable bonds is 8. The molecule has 0 bridgehead atoms. The average Bonchev–Trinajstić information content (AvgIpc) is 3.38. The fourth-order valence-electron chi connectivity index (χ4n) is 4.19. The molecule has 3 aromatic rings. The Bertz CT molecular complexity index is 1240. The van der Waals surface area contributed by atoms with Crippen LogP contribution in [0.1, 0.15) is 40.0 Å². The van der Waals surface area contributed by atoms with Crippen LogP contribution in [0, 0.1) is 0 Å². The number of hydrogen-bond acceptors (Lipinski definition) is 6. The van der Waals surface area contributed by atoms with Gasteiger partial charge in [-0.25, -0.2) is 9.59 Å². The van der Waals surface area contributed by atoms with Crippen molar-refractivity contribution in [1.82, 2.24) is 20.4 Å². The summed E-state index contributed by atoms with van der Waals surface area (Å²) in [6.07, 6.45) is 0.739. The number of carboxylic acid groups (broad SMARTS) is 1. The first-order valence-electron chi connectivity index (χ1n) is 11.0. The highest BCUT2D eigenvalue weighted by molar-refractivity contribution is 5.97. The molecular weight excluding hydrogens is 452 g/mol. The summed E-state index contributed by atoms with van der Waals surface area (Å²) in [6, 6.07) is 16.0. The Balaban J connectivity index is 1.40. The number of alkyl carbamates (subject to hydrolysis) is 1. The minimum atomic E-state index is -1.86. The van der Waals surface area contributed by atoms with E-state index in [1.165, 1.54) is 24.9 Å². The van der Waals surface area contributed by atoms with Gasteiger partial charge in [0.05, 0.1) is 19.3 Å². The zero-order chi connectivity index (χ0) is 25.2. The monoisotopic (exact) mass is 478 g/mol. The molecule has 0 spiro atoms. The second-order valence-electron chi connectivity index (χ2n) is 8.57. The van der Waals surface area contributed by atoms with Gasteiger partial charge in [-0.3, -0.25) is 9.48 Å². The maximum Gasteiger partial charge on any atom is 0.407 e. The number of amides is 2. The third-order valence-electron chi connectivity index (χ3n) is 6.17. The lowest BCUT2D eigenvalue weighted by Gasteiger charge is -2.23. The fraction of sp³-hybridized carbons (Fsp3) is 0.280. The lowest BCUT2D eigenvalue weighted by Crippen LogP contribution is -2.55. The summed E-state index contributed by atoms with van der Waals surface area (Å²) in [5.41, 5.74) is 3.00. The highest BCUT2D eigenvalue weighted by atomic mass is 16.5. The Kier molecular flexibility index (Phi) is 6.57. The van der Waals surface area contributed by atoms with Crippen molar-refractivity contribution in [2.75, 3.05) is 13.2 Å². The molecule has 4 rings (SSSR count). The molecule has 2 amide bonds. The highest BCUT2D eigenvalue weighted by Gasteiger charge is 2.36. The summed E-state index contributed by atoms with van der Waals surface area (Å²) in [5.74, 6) is -2.21. The molecule has 1 aliphatic rings. The lowest BCUT2D eigenvalue weighted by atomic mass is 9.98. The molecule has 1 aliphatic carbocycles. The predicted molar refractivity (Wildman–Crippen MR) is 126 cm³/mol. The van der Waals surface area contributed by atoms with Crippen LogP contribution in [-0.4, -0.2) is 56.7 Å². The molecule has 1 heterocycles. The van der Waals surface area contributed by atoms with E-state index in [1.54, 1.807) is 0 Å².